The normalized spacial score (nSPS) is 22.7. The molecule has 1 aliphatic rings. The quantitative estimate of drug-likeness (QED) is 0.551. The van der Waals surface area contributed by atoms with Crippen LogP contribution in [0.4, 0.5) is 5.69 Å². The van der Waals surface area contributed by atoms with Crippen LogP contribution in [-0.2, 0) is 0 Å². The highest BCUT2D eigenvalue weighted by Crippen LogP contribution is 2.17. The van der Waals surface area contributed by atoms with Crippen molar-refractivity contribution in [3.05, 3.63) is 52.3 Å². The number of nitro groups is 1. The summed E-state index contributed by atoms with van der Waals surface area (Å²) in [6, 6.07) is 8.21. The van der Waals surface area contributed by atoms with Gasteiger partial charge in [-0.3, -0.25) is 25.8 Å². The number of nitrogens with one attached hydrogen (secondary N) is 3. The van der Waals surface area contributed by atoms with Crippen molar-refractivity contribution in [1.82, 2.24) is 25.9 Å². The minimum Gasteiger partial charge on any atom is -0.350 e. The number of nitrogens with zero attached hydrogens (tertiary/aromatic N) is 3. The molecule has 1 amide bonds. The zero-order valence-corrected chi connectivity index (χ0v) is 14.0. The first kappa shape index (κ1) is 17.1. The predicted molar refractivity (Wildman–Crippen MR) is 91.2 cm³/mol. The Morgan fingerprint density at radius 2 is 2.04 bits per heavy atom. The Hall–Kier alpha value is -2.78. The zero-order valence-electron chi connectivity index (χ0n) is 14.0. The molecule has 2 aromatic rings. The highest BCUT2D eigenvalue weighted by Gasteiger charge is 2.30. The van der Waals surface area contributed by atoms with E-state index in [0.717, 1.165) is 0 Å². The molecular weight excluding hydrogens is 324 g/mol. The lowest BCUT2D eigenvalue weighted by atomic mass is 9.97. The summed E-state index contributed by atoms with van der Waals surface area (Å²) in [5.74, 6) is 0.0123. The second kappa shape index (κ2) is 6.99. The van der Waals surface area contributed by atoms with Crippen molar-refractivity contribution < 1.29 is 9.72 Å². The third-order valence-electron chi connectivity index (χ3n) is 4.45. The molecule has 9 heteroatoms. The van der Waals surface area contributed by atoms with Crippen LogP contribution in [0.3, 0.4) is 0 Å². The van der Waals surface area contributed by atoms with Crippen molar-refractivity contribution in [3.8, 4) is 5.69 Å². The molecule has 1 fully saturated rings. The Morgan fingerprint density at radius 3 is 2.72 bits per heavy atom. The lowest BCUT2D eigenvalue weighted by Crippen LogP contribution is -2.37. The van der Waals surface area contributed by atoms with Gasteiger partial charge in [0.05, 0.1) is 10.6 Å². The van der Waals surface area contributed by atoms with Gasteiger partial charge in [0.15, 0.2) is 5.69 Å². The van der Waals surface area contributed by atoms with Crippen molar-refractivity contribution >= 4 is 11.6 Å². The minimum atomic E-state index is -0.466. The highest BCUT2D eigenvalue weighted by molar-refractivity contribution is 5.92. The van der Waals surface area contributed by atoms with Gasteiger partial charge in [-0.2, -0.15) is 5.10 Å². The van der Waals surface area contributed by atoms with Gasteiger partial charge in [-0.25, -0.2) is 4.68 Å². The number of hydrogen-bond donors (Lipinski definition) is 3. The maximum absolute atomic E-state index is 12.3. The Bertz CT molecular complexity index is 780. The van der Waals surface area contributed by atoms with Crippen molar-refractivity contribution in [2.75, 3.05) is 6.54 Å². The molecule has 1 aromatic heterocycles. The Balaban J connectivity index is 1.67. The molecule has 1 aromatic carbocycles. The molecule has 0 radical (unpaired) electrons. The summed E-state index contributed by atoms with van der Waals surface area (Å²) in [6.45, 7) is 4.65. The molecule has 0 bridgehead atoms. The lowest BCUT2D eigenvalue weighted by molar-refractivity contribution is -0.384. The van der Waals surface area contributed by atoms with E-state index in [0.29, 0.717) is 12.2 Å². The Labute approximate surface area is 144 Å². The summed E-state index contributed by atoms with van der Waals surface area (Å²) in [7, 11) is 0. The van der Waals surface area contributed by atoms with Crippen LogP contribution in [-0.4, -0.2) is 39.2 Å². The van der Waals surface area contributed by atoms with E-state index in [-0.39, 0.29) is 35.3 Å². The predicted octanol–water partition coefficient (Wildman–Crippen LogP) is 1.01. The summed E-state index contributed by atoms with van der Waals surface area (Å²) >= 11 is 0. The molecule has 132 valence electrons. The van der Waals surface area contributed by atoms with Gasteiger partial charge in [0.2, 0.25) is 0 Å². The van der Waals surface area contributed by atoms with Crippen LogP contribution >= 0.6 is 0 Å². The Morgan fingerprint density at radius 1 is 1.32 bits per heavy atom. The molecule has 9 nitrogen and oxygen atoms in total. The third-order valence-corrected chi connectivity index (χ3v) is 4.45. The molecule has 1 saturated heterocycles. The monoisotopic (exact) mass is 344 g/mol. The maximum atomic E-state index is 12.3. The van der Waals surface area contributed by atoms with Crippen LogP contribution in [0.15, 0.2) is 36.5 Å². The molecule has 3 rings (SSSR count). The fourth-order valence-corrected chi connectivity index (χ4v) is 2.90. The van der Waals surface area contributed by atoms with Gasteiger partial charge in [-0.1, -0.05) is 6.07 Å². The molecule has 25 heavy (non-hydrogen) atoms. The second-order valence-electron chi connectivity index (χ2n) is 6.16. The van der Waals surface area contributed by atoms with Gasteiger partial charge in [-0.05, 0) is 26.0 Å². The van der Waals surface area contributed by atoms with Gasteiger partial charge < -0.3 is 5.32 Å². The van der Waals surface area contributed by atoms with E-state index < -0.39 is 4.92 Å². The number of hydrogen-bond acceptors (Lipinski definition) is 6. The van der Waals surface area contributed by atoms with E-state index in [4.69, 9.17) is 0 Å². The summed E-state index contributed by atoms with van der Waals surface area (Å²) in [4.78, 5) is 22.7. The van der Waals surface area contributed by atoms with Crippen LogP contribution in [0.25, 0.3) is 5.69 Å². The standard InChI is InChI=1S/C16H20N6O3/c1-10-14(11(2)19-18-10)9-17-16(23)15-6-7-21(20-15)12-4-3-5-13(8-12)22(24)25/h3-8,10-11,14,18-19H,9H2,1-2H3,(H,17,23). The Kier molecular flexibility index (Phi) is 4.77. The fourth-order valence-electron chi connectivity index (χ4n) is 2.90. The van der Waals surface area contributed by atoms with E-state index in [2.05, 4.69) is 35.1 Å². The summed E-state index contributed by atoms with van der Waals surface area (Å²) in [5.41, 5.74) is 7.07. The molecule has 3 N–H and O–H groups in total. The topological polar surface area (TPSA) is 114 Å². The lowest BCUT2D eigenvalue weighted by Gasteiger charge is -2.17. The zero-order chi connectivity index (χ0) is 18.0. The van der Waals surface area contributed by atoms with Gasteiger partial charge in [0.1, 0.15) is 0 Å². The molecule has 2 unspecified atom stereocenters. The van der Waals surface area contributed by atoms with E-state index in [1.165, 1.54) is 16.8 Å². The van der Waals surface area contributed by atoms with Gasteiger partial charge in [-0.15, -0.1) is 0 Å². The van der Waals surface area contributed by atoms with Crippen molar-refractivity contribution in [3.63, 3.8) is 0 Å². The summed E-state index contributed by atoms with van der Waals surface area (Å²) < 4.78 is 1.45. The first-order valence-corrected chi connectivity index (χ1v) is 8.05. The molecule has 2 atom stereocenters. The van der Waals surface area contributed by atoms with Gasteiger partial charge in [0, 0.05) is 42.9 Å². The average Bonchev–Trinajstić information content (AvgIpc) is 3.21. The van der Waals surface area contributed by atoms with Crippen molar-refractivity contribution in [2.24, 2.45) is 5.92 Å². The van der Waals surface area contributed by atoms with Crippen LogP contribution < -0.4 is 16.2 Å². The number of amides is 1. The number of benzene rings is 1. The van der Waals surface area contributed by atoms with Gasteiger partial charge >= 0.3 is 0 Å². The molecule has 1 aliphatic heterocycles. The van der Waals surface area contributed by atoms with E-state index >= 15 is 0 Å². The maximum Gasteiger partial charge on any atom is 0.271 e. The third kappa shape index (κ3) is 3.67. The van der Waals surface area contributed by atoms with E-state index in [9.17, 15) is 14.9 Å². The smallest absolute Gasteiger partial charge is 0.271 e. The number of rotatable bonds is 5. The highest BCUT2D eigenvalue weighted by atomic mass is 16.6. The van der Waals surface area contributed by atoms with Crippen LogP contribution in [0.1, 0.15) is 24.3 Å². The number of aromatic nitrogens is 2. The molecular formula is C16H20N6O3. The number of non-ortho nitro benzene ring substituents is 1. The van der Waals surface area contributed by atoms with Crippen LogP contribution in [0.5, 0.6) is 0 Å². The minimum absolute atomic E-state index is 0.0248. The number of nitro benzene ring substituents is 1. The summed E-state index contributed by atoms with van der Waals surface area (Å²) in [6.07, 6.45) is 1.61. The molecule has 0 saturated carbocycles. The number of carbonyl (C=O) groups excluding carboxylic acids is 1. The van der Waals surface area contributed by atoms with Crippen LogP contribution in [0.2, 0.25) is 0 Å². The van der Waals surface area contributed by atoms with Gasteiger partial charge in [0.25, 0.3) is 11.6 Å². The largest absolute Gasteiger partial charge is 0.350 e. The van der Waals surface area contributed by atoms with E-state index in [1.54, 1.807) is 24.4 Å². The average molecular weight is 344 g/mol. The molecule has 2 heterocycles. The van der Waals surface area contributed by atoms with Crippen molar-refractivity contribution in [1.29, 1.82) is 0 Å². The number of hydrazine groups is 1. The number of carbonyl (C=O) groups is 1. The first-order valence-electron chi connectivity index (χ1n) is 8.05. The molecule has 0 aliphatic carbocycles. The fraction of sp³-hybridized carbons (Fsp3) is 0.375. The van der Waals surface area contributed by atoms with E-state index in [1.807, 2.05) is 0 Å². The van der Waals surface area contributed by atoms with Crippen molar-refractivity contribution in [2.45, 2.75) is 25.9 Å². The SMILES string of the molecule is CC1NNC(C)C1CNC(=O)c1ccn(-c2cccc([N+](=O)[O-])c2)n1. The second-order valence-corrected chi connectivity index (χ2v) is 6.16. The summed E-state index contributed by atoms with van der Waals surface area (Å²) in [5, 5.41) is 18.0. The van der Waals surface area contributed by atoms with Crippen LogP contribution in [0, 0.1) is 16.0 Å². The first-order chi connectivity index (χ1) is 12.0. The molecule has 0 spiro atoms.